The number of carbonyl (C=O) groups is 2. The lowest BCUT2D eigenvalue weighted by atomic mass is 9.84. The first kappa shape index (κ1) is 41.6. The standard InChI is InChI=1S/C38H51FN4O14/c1-43-28-32(56-38(43)49)31-25(52-36(28)57-35-24(45)14-21(40)26(15-44)53-35)12-20(33(47)50-16-18-8-4-2-5-9-18)34(55-31)54-30-22(41)13-23(29(46)27(30)39)42-37(48)51-17-19-10-6-3-7-11-19/h2-11,20-36,44-47H,12-17,40-41H2,1H3,(H,42,48)/t20-,21+,22?,23-,24+,25+,26?,27?,28?,29-,30-,31?,32?,33?,34+,35-,36?/m1/s1. The van der Waals surface area contributed by atoms with Crippen molar-refractivity contribution >= 4 is 12.2 Å². The smallest absolute Gasteiger partial charge is 0.410 e. The third kappa shape index (κ3) is 9.19. The molecule has 0 aromatic heterocycles. The number of ether oxygens (including phenoxy) is 8. The van der Waals surface area contributed by atoms with E-state index in [2.05, 4.69) is 5.32 Å². The summed E-state index contributed by atoms with van der Waals surface area (Å²) >= 11 is 0. The van der Waals surface area contributed by atoms with Gasteiger partial charge >= 0.3 is 12.2 Å². The van der Waals surface area contributed by atoms with Crippen LogP contribution in [0, 0.1) is 5.92 Å². The van der Waals surface area contributed by atoms with E-state index < -0.39 is 123 Å². The van der Waals surface area contributed by atoms with E-state index in [1.165, 1.54) is 11.9 Å². The van der Waals surface area contributed by atoms with Gasteiger partial charge in [-0.15, -0.1) is 0 Å². The highest BCUT2D eigenvalue weighted by atomic mass is 19.1. The highest BCUT2D eigenvalue weighted by Gasteiger charge is 2.61. The molecule has 1 saturated carbocycles. The van der Waals surface area contributed by atoms with E-state index in [9.17, 15) is 30.0 Å². The van der Waals surface area contributed by atoms with E-state index in [-0.39, 0.29) is 32.5 Å². The van der Waals surface area contributed by atoms with Crippen molar-refractivity contribution in [2.45, 2.75) is 131 Å². The molecule has 2 amide bonds. The molecule has 57 heavy (non-hydrogen) atoms. The van der Waals surface area contributed by atoms with Crippen LogP contribution in [0.15, 0.2) is 60.7 Å². The molecule has 0 bridgehead atoms. The zero-order valence-electron chi connectivity index (χ0n) is 31.2. The van der Waals surface area contributed by atoms with E-state index in [1.807, 2.05) is 24.3 Å². The second kappa shape index (κ2) is 18.1. The molecule has 2 aromatic rings. The van der Waals surface area contributed by atoms with Gasteiger partial charge in [0.2, 0.25) is 0 Å². The van der Waals surface area contributed by atoms with E-state index in [0.717, 1.165) is 11.1 Å². The van der Waals surface area contributed by atoms with Crippen molar-refractivity contribution in [1.82, 2.24) is 10.2 Å². The minimum absolute atomic E-state index is 0.00873. The van der Waals surface area contributed by atoms with Gasteiger partial charge in [0.05, 0.1) is 37.4 Å². The van der Waals surface area contributed by atoms with Gasteiger partial charge in [-0.2, -0.15) is 0 Å². The van der Waals surface area contributed by atoms with Crippen LogP contribution in [0.2, 0.25) is 0 Å². The van der Waals surface area contributed by atoms with Crippen LogP contribution in [0.3, 0.4) is 0 Å². The zero-order chi connectivity index (χ0) is 40.4. The van der Waals surface area contributed by atoms with Crippen molar-refractivity contribution in [1.29, 1.82) is 0 Å². The normalized spacial score (nSPS) is 39.7. The summed E-state index contributed by atoms with van der Waals surface area (Å²) in [6.07, 6.45) is -17.6. The van der Waals surface area contributed by atoms with Crippen molar-refractivity contribution in [2.24, 2.45) is 17.4 Å². The number of carbonyl (C=O) groups excluding carboxylic acids is 2. The van der Waals surface area contributed by atoms with Crippen LogP contribution in [0.1, 0.15) is 30.4 Å². The van der Waals surface area contributed by atoms with Crippen molar-refractivity contribution in [3.8, 4) is 0 Å². The maximum Gasteiger partial charge on any atom is 0.410 e. The lowest BCUT2D eigenvalue weighted by molar-refractivity contribution is -0.380. The molecule has 4 heterocycles. The van der Waals surface area contributed by atoms with Crippen LogP contribution in [0.25, 0.3) is 0 Å². The Morgan fingerprint density at radius 3 is 2.28 bits per heavy atom. The van der Waals surface area contributed by atoms with Gasteiger partial charge in [-0.3, -0.25) is 4.90 Å². The number of hydrogen-bond donors (Lipinski definition) is 7. The molecule has 17 atom stereocenters. The number of rotatable bonds is 12. The number of nitrogens with one attached hydrogen (secondary N) is 1. The summed E-state index contributed by atoms with van der Waals surface area (Å²) in [5.74, 6) is -1.06. The third-order valence-corrected chi connectivity index (χ3v) is 11.2. The molecule has 2 aromatic carbocycles. The van der Waals surface area contributed by atoms with E-state index in [0.29, 0.717) is 0 Å². The van der Waals surface area contributed by atoms with Gasteiger partial charge in [0.15, 0.2) is 37.4 Å². The monoisotopic (exact) mass is 806 g/mol. The Kier molecular flexibility index (Phi) is 13.2. The summed E-state index contributed by atoms with van der Waals surface area (Å²) in [5.41, 5.74) is 14.0. The Labute approximate surface area is 328 Å². The van der Waals surface area contributed by atoms with Crippen LogP contribution >= 0.6 is 0 Å². The topological polar surface area (TPSA) is 256 Å². The number of hydrogen-bond acceptors (Lipinski definition) is 16. The van der Waals surface area contributed by atoms with Crippen molar-refractivity contribution in [3.63, 3.8) is 0 Å². The van der Waals surface area contributed by atoms with Crippen LogP contribution in [0.4, 0.5) is 14.0 Å². The summed E-state index contributed by atoms with van der Waals surface area (Å²) in [6.45, 7) is -0.470. The maximum absolute atomic E-state index is 16.2. The Morgan fingerprint density at radius 2 is 1.60 bits per heavy atom. The highest BCUT2D eigenvalue weighted by molar-refractivity contribution is 5.70. The molecule has 0 radical (unpaired) electrons. The van der Waals surface area contributed by atoms with E-state index >= 15 is 4.39 Å². The fourth-order valence-corrected chi connectivity index (χ4v) is 8.07. The number of fused-ring (bicyclic) bond motifs is 3. The molecule has 7 rings (SSSR count). The highest BCUT2D eigenvalue weighted by Crippen LogP contribution is 2.43. The van der Waals surface area contributed by atoms with Gasteiger partial charge in [-0.1, -0.05) is 60.7 Å². The number of alkyl carbamates (subject to hydrolysis) is 1. The molecule has 4 aliphatic heterocycles. The summed E-state index contributed by atoms with van der Waals surface area (Å²) in [6, 6.07) is 14.2. The molecule has 19 heteroatoms. The van der Waals surface area contributed by atoms with Crippen LogP contribution in [-0.2, 0) is 51.1 Å². The van der Waals surface area contributed by atoms with E-state index in [4.69, 9.17) is 49.4 Å². The lowest BCUT2D eigenvalue weighted by Gasteiger charge is -2.51. The predicted octanol–water partition coefficient (Wildman–Crippen LogP) is -0.281. The maximum atomic E-state index is 16.2. The van der Waals surface area contributed by atoms with Crippen LogP contribution < -0.4 is 16.8 Å². The number of amides is 2. The minimum Gasteiger partial charge on any atom is -0.445 e. The number of nitrogens with two attached hydrogens (primary N) is 2. The summed E-state index contributed by atoms with van der Waals surface area (Å²) in [4.78, 5) is 26.8. The predicted molar refractivity (Wildman–Crippen MR) is 192 cm³/mol. The first-order valence-electron chi connectivity index (χ1n) is 19.1. The molecular formula is C38H51FN4O14. The number of nitrogens with zero attached hydrogens (tertiary/aromatic N) is 1. The summed E-state index contributed by atoms with van der Waals surface area (Å²) in [7, 11) is 1.47. The van der Waals surface area contributed by atoms with Gasteiger partial charge in [0.25, 0.3) is 0 Å². The molecule has 5 fully saturated rings. The SMILES string of the molecule is CN1C(=O)OC2C3O[C@H](O[C@@H]4C(N)C[C@@H](NC(=O)OCc5ccccc5)[C@@H](O)C4F)[C@@H](C(O)OCc4ccccc4)C[C@@H]3OC(O[C@H]3OC(CO)[C@@H](N)C[C@@H]3O)C21. The van der Waals surface area contributed by atoms with Crippen molar-refractivity contribution in [3.05, 3.63) is 71.8 Å². The van der Waals surface area contributed by atoms with Crippen molar-refractivity contribution in [2.75, 3.05) is 13.7 Å². The quantitative estimate of drug-likeness (QED) is 0.136. The van der Waals surface area contributed by atoms with E-state index in [1.54, 1.807) is 36.4 Å². The lowest BCUT2D eigenvalue weighted by Crippen LogP contribution is -2.67. The Bertz CT molecular complexity index is 1640. The number of halogens is 1. The van der Waals surface area contributed by atoms with Gasteiger partial charge in [-0.05, 0) is 30.4 Å². The van der Waals surface area contributed by atoms with Crippen LogP contribution in [0.5, 0.6) is 0 Å². The molecule has 18 nitrogen and oxygen atoms in total. The van der Waals surface area contributed by atoms with Crippen molar-refractivity contribution < 1.29 is 72.3 Å². The average molecular weight is 807 g/mol. The van der Waals surface area contributed by atoms with Gasteiger partial charge in [0, 0.05) is 19.1 Å². The second-order valence-corrected chi connectivity index (χ2v) is 15.1. The average Bonchev–Trinajstić information content (AvgIpc) is 3.51. The van der Waals surface area contributed by atoms with Gasteiger partial charge in [0.1, 0.15) is 37.1 Å². The number of aliphatic hydroxyl groups excluding tert-OH is 4. The second-order valence-electron chi connectivity index (χ2n) is 15.1. The molecule has 4 saturated heterocycles. The summed E-state index contributed by atoms with van der Waals surface area (Å²) < 4.78 is 63.9. The molecule has 314 valence electrons. The Morgan fingerprint density at radius 1 is 0.912 bits per heavy atom. The molecule has 1 aliphatic carbocycles. The summed E-state index contributed by atoms with van der Waals surface area (Å²) in [5, 5.41) is 45.6. The van der Waals surface area contributed by atoms with Gasteiger partial charge in [-0.25, -0.2) is 14.0 Å². The molecular weight excluding hydrogens is 755 g/mol. The van der Waals surface area contributed by atoms with Crippen LogP contribution in [-0.4, -0.2) is 149 Å². The van der Waals surface area contributed by atoms with Gasteiger partial charge < -0.3 is 75.1 Å². The molecule has 0 spiro atoms. The Balaban J connectivity index is 1.07. The number of alkyl halides is 1. The zero-order valence-corrected chi connectivity index (χ0v) is 31.2. The molecule has 9 N–H and O–H groups in total. The minimum atomic E-state index is -2.13. The fraction of sp³-hybridized carbons (Fsp3) is 0.632. The Hall–Kier alpha value is -3.57. The third-order valence-electron chi connectivity index (χ3n) is 11.2. The number of benzene rings is 2. The molecule has 8 unspecified atom stereocenters. The first-order valence-corrected chi connectivity index (χ1v) is 19.1. The number of likely N-dealkylation sites (N-methyl/N-ethyl adjacent to an activating group) is 1. The largest absolute Gasteiger partial charge is 0.445 e. The first-order chi connectivity index (χ1) is 27.4. The fourth-order valence-electron chi connectivity index (χ4n) is 8.07. The molecule has 5 aliphatic rings. The number of aliphatic hydroxyl groups is 4.